The molecule has 2 aliphatic heterocycles. The zero-order valence-corrected chi connectivity index (χ0v) is 18.2. The number of H-pyrrole nitrogens is 1. The molecule has 3 heterocycles. The van der Waals surface area contributed by atoms with Crippen molar-refractivity contribution in [2.75, 3.05) is 38.2 Å². The smallest absolute Gasteiger partial charge is 0.197 e. The van der Waals surface area contributed by atoms with Gasteiger partial charge in [0.1, 0.15) is 18.2 Å². The average Bonchev–Trinajstić information content (AvgIpc) is 3.25. The number of ether oxygens (including phenoxy) is 1. The molecule has 2 aliphatic rings. The van der Waals surface area contributed by atoms with Crippen molar-refractivity contribution in [3.05, 3.63) is 71.8 Å². The van der Waals surface area contributed by atoms with E-state index >= 15 is 0 Å². The molecule has 0 spiro atoms. The van der Waals surface area contributed by atoms with E-state index in [0.29, 0.717) is 29.5 Å². The molecule has 0 unspecified atom stereocenters. The van der Waals surface area contributed by atoms with E-state index in [9.17, 15) is 4.39 Å². The van der Waals surface area contributed by atoms with Crippen LogP contribution in [0.4, 0.5) is 15.8 Å². The van der Waals surface area contributed by atoms with Gasteiger partial charge in [0.05, 0.1) is 29.5 Å². The van der Waals surface area contributed by atoms with E-state index in [4.69, 9.17) is 11.3 Å². The first kappa shape index (κ1) is 19.8. The summed E-state index contributed by atoms with van der Waals surface area (Å²) in [4.78, 5) is 8.40. The molecule has 33 heavy (non-hydrogen) atoms. The summed E-state index contributed by atoms with van der Waals surface area (Å²) >= 11 is 0. The van der Waals surface area contributed by atoms with E-state index in [-0.39, 0.29) is 5.82 Å². The lowest BCUT2D eigenvalue weighted by molar-refractivity contribution is 0.188. The number of anilines is 1. The van der Waals surface area contributed by atoms with Crippen molar-refractivity contribution in [1.82, 2.24) is 15.1 Å². The highest BCUT2D eigenvalue weighted by atomic mass is 19.1. The molecule has 1 N–H and O–H groups in total. The lowest BCUT2D eigenvalue weighted by Gasteiger charge is -2.44. The zero-order chi connectivity index (χ0) is 22.5. The number of rotatable bonds is 2. The Morgan fingerprint density at radius 1 is 1.12 bits per heavy atom. The number of piperazine rings is 1. The number of aromatic nitrogens is 2. The van der Waals surface area contributed by atoms with Gasteiger partial charge in [-0.15, -0.1) is 0 Å². The summed E-state index contributed by atoms with van der Waals surface area (Å²) in [5.74, 6) is 0.507. The number of fused-ring (bicyclic) bond motifs is 4. The van der Waals surface area contributed by atoms with E-state index in [0.717, 1.165) is 53.2 Å². The van der Waals surface area contributed by atoms with E-state index in [1.807, 2.05) is 12.1 Å². The maximum atomic E-state index is 14.5. The van der Waals surface area contributed by atoms with Gasteiger partial charge in [0.25, 0.3) is 0 Å². The zero-order valence-electron chi connectivity index (χ0n) is 18.2. The van der Waals surface area contributed by atoms with Crippen LogP contribution in [0.25, 0.3) is 38.1 Å². The third-order valence-electron chi connectivity index (χ3n) is 6.62. The molecule has 6 nitrogen and oxygen atoms in total. The van der Waals surface area contributed by atoms with Crippen molar-refractivity contribution in [2.24, 2.45) is 0 Å². The highest BCUT2D eigenvalue weighted by Crippen LogP contribution is 2.41. The fourth-order valence-corrected chi connectivity index (χ4v) is 4.93. The molecular formula is C26H22FN5O. The largest absolute Gasteiger partial charge is 0.489 e. The number of nitrogens with one attached hydrogen (secondary N) is 1. The first-order chi connectivity index (χ1) is 16.1. The van der Waals surface area contributed by atoms with Crippen LogP contribution in [0.15, 0.2) is 54.6 Å². The van der Waals surface area contributed by atoms with Gasteiger partial charge in [-0.1, -0.05) is 30.3 Å². The van der Waals surface area contributed by atoms with Gasteiger partial charge in [0.15, 0.2) is 5.69 Å². The normalized spacial score (nSPS) is 17.8. The van der Waals surface area contributed by atoms with Gasteiger partial charge in [-0.3, -0.25) is 5.10 Å². The Morgan fingerprint density at radius 2 is 2.00 bits per heavy atom. The first-order valence-electron chi connectivity index (χ1n) is 11.0. The molecule has 164 valence electrons. The summed E-state index contributed by atoms with van der Waals surface area (Å²) in [6, 6.07) is 16.7. The number of halogens is 1. The van der Waals surface area contributed by atoms with Gasteiger partial charge in [-0.25, -0.2) is 9.24 Å². The molecular weight excluding hydrogens is 417 g/mol. The molecule has 0 amide bonds. The lowest BCUT2D eigenvalue weighted by Crippen LogP contribution is -2.56. The summed E-state index contributed by atoms with van der Waals surface area (Å²) < 4.78 is 20.7. The Kier molecular flexibility index (Phi) is 4.56. The summed E-state index contributed by atoms with van der Waals surface area (Å²) in [5.41, 5.74) is 4.89. The monoisotopic (exact) mass is 439 g/mol. The number of likely N-dealkylation sites (N-methyl/N-ethyl adjacent to an activating group) is 1. The molecule has 7 heteroatoms. The Balaban J connectivity index is 1.45. The minimum atomic E-state index is -0.351. The fraction of sp³-hybridized carbons (Fsp3) is 0.231. The number of hydrogen-bond acceptors (Lipinski definition) is 4. The van der Waals surface area contributed by atoms with E-state index in [1.54, 1.807) is 24.3 Å². The van der Waals surface area contributed by atoms with Crippen LogP contribution in [0.3, 0.4) is 0 Å². The number of nitrogens with zero attached hydrogens (tertiary/aromatic N) is 4. The van der Waals surface area contributed by atoms with Crippen molar-refractivity contribution in [1.29, 1.82) is 0 Å². The van der Waals surface area contributed by atoms with Crippen molar-refractivity contribution < 1.29 is 9.13 Å². The third-order valence-corrected chi connectivity index (χ3v) is 6.62. The molecule has 0 bridgehead atoms. The van der Waals surface area contributed by atoms with Crippen LogP contribution in [0.1, 0.15) is 0 Å². The van der Waals surface area contributed by atoms with Crippen LogP contribution < -0.4 is 9.64 Å². The van der Waals surface area contributed by atoms with Crippen LogP contribution in [0.5, 0.6) is 5.75 Å². The van der Waals surface area contributed by atoms with Gasteiger partial charge in [0.2, 0.25) is 0 Å². The van der Waals surface area contributed by atoms with Crippen LogP contribution in [-0.4, -0.2) is 54.4 Å². The number of hydrogen-bond donors (Lipinski definition) is 1. The van der Waals surface area contributed by atoms with Crippen LogP contribution in [-0.2, 0) is 0 Å². The second kappa shape index (κ2) is 7.61. The average molecular weight is 439 g/mol. The maximum Gasteiger partial charge on any atom is 0.197 e. The summed E-state index contributed by atoms with van der Waals surface area (Å²) in [6.45, 7) is 11.3. The van der Waals surface area contributed by atoms with E-state index < -0.39 is 0 Å². The van der Waals surface area contributed by atoms with Crippen molar-refractivity contribution in [3.63, 3.8) is 0 Å². The molecule has 0 aliphatic carbocycles. The molecule has 6 rings (SSSR count). The summed E-state index contributed by atoms with van der Waals surface area (Å²) in [7, 11) is 2.15. The summed E-state index contributed by atoms with van der Waals surface area (Å²) in [5, 5.41) is 8.42. The predicted octanol–water partition coefficient (Wildman–Crippen LogP) is 5.10. The molecule has 1 aromatic heterocycles. The molecule has 1 saturated heterocycles. The van der Waals surface area contributed by atoms with Crippen LogP contribution >= 0.6 is 0 Å². The quantitative estimate of drug-likeness (QED) is 0.442. The fourth-order valence-electron chi connectivity index (χ4n) is 4.93. The standard InChI is InChI=1S/C26H22FN5O/c1-28-22-13-23-20(12-19(22)18-5-3-4-6-21(18)27)26(30-29-23)16-7-8-24-25(11-16)33-15-17-14-31(2)9-10-32(17)24/h3-8,11-13,17H,9-10,14-15H2,2H3,(H,29,30)/t17-/m0/s1. The third kappa shape index (κ3) is 3.22. The van der Waals surface area contributed by atoms with Crippen molar-refractivity contribution >= 4 is 22.3 Å². The minimum absolute atomic E-state index is 0.351. The predicted molar refractivity (Wildman–Crippen MR) is 127 cm³/mol. The minimum Gasteiger partial charge on any atom is -0.489 e. The summed E-state index contributed by atoms with van der Waals surface area (Å²) in [6.07, 6.45) is 0. The Morgan fingerprint density at radius 3 is 2.85 bits per heavy atom. The van der Waals surface area contributed by atoms with E-state index in [1.165, 1.54) is 6.07 Å². The van der Waals surface area contributed by atoms with Gasteiger partial charge < -0.3 is 14.5 Å². The van der Waals surface area contributed by atoms with E-state index in [2.05, 4.69) is 44.0 Å². The topological polar surface area (TPSA) is 48.8 Å². The number of benzene rings is 3. The Hall–Kier alpha value is -3.89. The second-order valence-electron chi connectivity index (χ2n) is 8.68. The molecule has 0 radical (unpaired) electrons. The Labute approximate surface area is 191 Å². The maximum absolute atomic E-state index is 14.5. The molecule has 4 aromatic rings. The van der Waals surface area contributed by atoms with Gasteiger partial charge in [0, 0.05) is 36.1 Å². The van der Waals surface area contributed by atoms with Gasteiger partial charge >= 0.3 is 0 Å². The molecule has 1 atom stereocenters. The lowest BCUT2D eigenvalue weighted by atomic mass is 9.98. The van der Waals surface area contributed by atoms with Crippen molar-refractivity contribution in [3.8, 4) is 28.1 Å². The van der Waals surface area contributed by atoms with Crippen molar-refractivity contribution in [2.45, 2.75) is 6.04 Å². The molecule has 3 aromatic carbocycles. The van der Waals surface area contributed by atoms with Crippen LogP contribution in [0, 0.1) is 12.4 Å². The molecule has 1 fully saturated rings. The number of aromatic amines is 1. The SMILES string of the molecule is [C-]#[N+]c1cc2[nH]nc(-c3ccc4c(c3)OC[C@@H]3CN(C)CCN43)c2cc1-c1ccccc1F. The first-order valence-corrected chi connectivity index (χ1v) is 11.0. The van der Waals surface area contributed by atoms with Gasteiger partial charge in [-0.05, 0) is 36.9 Å². The van der Waals surface area contributed by atoms with Gasteiger partial charge in [-0.2, -0.15) is 5.10 Å². The highest BCUT2D eigenvalue weighted by Gasteiger charge is 2.32. The Bertz CT molecular complexity index is 1420. The highest BCUT2D eigenvalue weighted by molar-refractivity contribution is 6.00. The van der Waals surface area contributed by atoms with Crippen LogP contribution in [0.2, 0.25) is 0 Å². The molecule has 0 saturated carbocycles. The second-order valence-corrected chi connectivity index (χ2v) is 8.68.